The van der Waals surface area contributed by atoms with E-state index in [0.29, 0.717) is 18.7 Å². The molecule has 1 heterocycles. The Morgan fingerprint density at radius 1 is 1.12 bits per heavy atom. The summed E-state index contributed by atoms with van der Waals surface area (Å²) in [5, 5.41) is 6.19. The van der Waals surface area contributed by atoms with Crippen LogP contribution in [-0.4, -0.2) is 42.0 Å². The summed E-state index contributed by atoms with van der Waals surface area (Å²) in [6.07, 6.45) is 0. The first-order valence-electron chi connectivity index (χ1n) is 10.9. The number of carbonyl (C=O) groups excluding carboxylic acids is 1. The van der Waals surface area contributed by atoms with Gasteiger partial charge in [-0.2, -0.15) is 0 Å². The number of benzene rings is 2. The van der Waals surface area contributed by atoms with Crippen LogP contribution in [0.5, 0.6) is 5.75 Å². The van der Waals surface area contributed by atoms with Gasteiger partial charge in [0.15, 0.2) is 0 Å². The maximum atomic E-state index is 12.6. The number of aromatic nitrogens is 1. The van der Waals surface area contributed by atoms with Crippen molar-refractivity contribution in [2.75, 3.05) is 26.2 Å². The van der Waals surface area contributed by atoms with Crippen molar-refractivity contribution in [2.45, 2.75) is 38.0 Å². The molecule has 0 bridgehead atoms. The summed E-state index contributed by atoms with van der Waals surface area (Å²) in [5.74, 6) is 1.57. The molecule has 0 aliphatic rings. The number of carbonyl (C=O) groups is 1. The number of rotatable bonds is 12. The molecule has 170 valence electrons. The maximum Gasteiger partial charge on any atom is 0.251 e. The van der Waals surface area contributed by atoms with E-state index in [0.717, 1.165) is 52.3 Å². The average molecular weight is 470 g/mol. The quantitative estimate of drug-likeness (QED) is 0.360. The third-order valence-corrected chi connectivity index (χ3v) is 7.01. The summed E-state index contributed by atoms with van der Waals surface area (Å²) in [4.78, 5) is 20.6. The Morgan fingerprint density at radius 2 is 1.88 bits per heavy atom. The number of thioether (sulfide) groups is 1. The lowest BCUT2D eigenvalue weighted by molar-refractivity contribution is 0.0950. The summed E-state index contributed by atoms with van der Waals surface area (Å²) in [6.45, 7) is 10.3. The van der Waals surface area contributed by atoms with Crippen molar-refractivity contribution in [1.29, 1.82) is 0 Å². The van der Waals surface area contributed by atoms with E-state index in [-0.39, 0.29) is 5.91 Å². The summed E-state index contributed by atoms with van der Waals surface area (Å²) < 4.78 is 5.99. The molecule has 0 saturated carbocycles. The predicted octanol–water partition coefficient (Wildman–Crippen LogP) is 5.39. The zero-order valence-corrected chi connectivity index (χ0v) is 20.6. The van der Waals surface area contributed by atoms with Gasteiger partial charge in [0.2, 0.25) is 0 Å². The highest BCUT2D eigenvalue weighted by Crippen LogP contribution is 2.24. The predicted molar refractivity (Wildman–Crippen MR) is 134 cm³/mol. The Hall–Kier alpha value is -2.35. The van der Waals surface area contributed by atoms with Crippen LogP contribution in [0.25, 0.3) is 0 Å². The van der Waals surface area contributed by atoms with E-state index in [9.17, 15) is 4.79 Å². The summed E-state index contributed by atoms with van der Waals surface area (Å²) >= 11 is 3.39. The van der Waals surface area contributed by atoms with Crippen LogP contribution in [0.1, 0.15) is 40.5 Å². The van der Waals surface area contributed by atoms with Gasteiger partial charge in [-0.1, -0.05) is 32.0 Å². The molecule has 0 aliphatic carbocycles. The van der Waals surface area contributed by atoms with Crippen LogP contribution < -0.4 is 10.1 Å². The topological polar surface area (TPSA) is 54.5 Å². The number of likely N-dealkylation sites (N-methyl/N-ethyl adjacent to an activating group) is 1. The Morgan fingerprint density at radius 3 is 2.56 bits per heavy atom. The van der Waals surface area contributed by atoms with E-state index < -0.39 is 0 Å². The minimum atomic E-state index is -0.0883. The molecule has 0 fully saturated rings. The Labute approximate surface area is 199 Å². The van der Waals surface area contributed by atoms with Crippen molar-refractivity contribution >= 4 is 29.0 Å². The highest BCUT2D eigenvalue weighted by atomic mass is 32.2. The summed E-state index contributed by atoms with van der Waals surface area (Å²) in [6, 6.07) is 15.6. The van der Waals surface area contributed by atoms with Crippen molar-refractivity contribution in [2.24, 2.45) is 0 Å². The van der Waals surface area contributed by atoms with Gasteiger partial charge in [-0.05, 0) is 50.3 Å². The lowest BCUT2D eigenvalue weighted by Crippen LogP contribution is -2.28. The van der Waals surface area contributed by atoms with Gasteiger partial charge >= 0.3 is 0 Å². The fourth-order valence-corrected chi connectivity index (χ4v) is 4.74. The van der Waals surface area contributed by atoms with Crippen LogP contribution in [0.15, 0.2) is 58.8 Å². The molecule has 0 atom stereocenters. The molecule has 0 radical (unpaired) electrons. The van der Waals surface area contributed by atoms with Crippen molar-refractivity contribution in [3.63, 3.8) is 0 Å². The maximum absolute atomic E-state index is 12.6. The molecule has 3 aromatic rings. The smallest absolute Gasteiger partial charge is 0.251 e. The van der Waals surface area contributed by atoms with Crippen LogP contribution in [0.4, 0.5) is 0 Å². The first-order chi connectivity index (χ1) is 15.6. The summed E-state index contributed by atoms with van der Waals surface area (Å²) in [7, 11) is 0. The highest BCUT2D eigenvalue weighted by Gasteiger charge is 2.09. The van der Waals surface area contributed by atoms with Crippen LogP contribution in [0.3, 0.4) is 0 Å². The van der Waals surface area contributed by atoms with Gasteiger partial charge in [-0.25, -0.2) is 4.98 Å². The van der Waals surface area contributed by atoms with Crippen LogP contribution in [0.2, 0.25) is 0 Å². The normalized spacial score (nSPS) is 11.0. The number of aryl methyl sites for hydroxylation is 1. The monoisotopic (exact) mass is 469 g/mol. The standard InChI is InChI=1S/C25H31N3O2S2/c1-4-28(5-2)14-15-30-24-9-7-6-8-21(24)16-26-25(29)20-10-12-23(13-11-20)32-18-22-17-31-19(3)27-22/h6-13,17H,4-5,14-16,18H2,1-3H3,(H,26,29). The molecule has 0 saturated heterocycles. The Kier molecular flexibility index (Phi) is 9.59. The molecular weight excluding hydrogens is 438 g/mol. The lowest BCUT2D eigenvalue weighted by atomic mass is 10.1. The molecule has 0 aliphatic heterocycles. The van der Waals surface area contributed by atoms with Crippen molar-refractivity contribution in [1.82, 2.24) is 15.2 Å². The fourth-order valence-electron chi connectivity index (χ4n) is 3.23. The van der Waals surface area contributed by atoms with Crippen molar-refractivity contribution < 1.29 is 9.53 Å². The first kappa shape index (κ1) is 24.3. The second-order valence-corrected chi connectivity index (χ2v) is 9.45. The van der Waals surface area contributed by atoms with E-state index in [4.69, 9.17) is 4.74 Å². The molecule has 1 amide bonds. The largest absolute Gasteiger partial charge is 0.492 e. The van der Waals surface area contributed by atoms with Crippen LogP contribution >= 0.6 is 23.1 Å². The van der Waals surface area contributed by atoms with Gasteiger partial charge in [0.25, 0.3) is 5.91 Å². The lowest BCUT2D eigenvalue weighted by Gasteiger charge is -2.19. The number of hydrogen-bond acceptors (Lipinski definition) is 6. The average Bonchev–Trinajstić information content (AvgIpc) is 3.25. The third kappa shape index (κ3) is 7.36. The Bertz CT molecular complexity index is 985. The second-order valence-electron chi connectivity index (χ2n) is 7.34. The van der Waals surface area contributed by atoms with Gasteiger partial charge in [0.1, 0.15) is 12.4 Å². The molecule has 2 aromatic carbocycles. The molecule has 1 N–H and O–H groups in total. The number of amides is 1. The molecule has 3 rings (SSSR count). The molecule has 0 spiro atoms. The SMILES string of the molecule is CCN(CC)CCOc1ccccc1CNC(=O)c1ccc(SCc2csc(C)n2)cc1. The molecule has 5 nitrogen and oxygen atoms in total. The number of thiazole rings is 1. The number of para-hydroxylation sites is 1. The molecule has 7 heteroatoms. The number of hydrogen-bond donors (Lipinski definition) is 1. The van der Waals surface area contributed by atoms with Gasteiger partial charge in [-0.3, -0.25) is 4.79 Å². The van der Waals surface area contributed by atoms with E-state index in [1.165, 1.54) is 0 Å². The van der Waals surface area contributed by atoms with Gasteiger partial charge in [0.05, 0.1) is 10.7 Å². The first-order valence-corrected chi connectivity index (χ1v) is 12.8. The third-order valence-electron chi connectivity index (χ3n) is 5.14. The zero-order valence-electron chi connectivity index (χ0n) is 19.0. The van der Waals surface area contributed by atoms with E-state index in [1.807, 2.05) is 55.5 Å². The molecule has 1 aromatic heterocycles. The van der Waals surface area contributed by atoms with E-state index in [2.05, 4.69) is 34.4 Å². The number of nitrogens with one attached hydrogen (secondary N) is 1. The summed E-state index contributed by atoms with van der Waals surface area (Å²) in [5.41, 5.74) is 2.72. The molecule has 32 heavy (non-hydrogen) atoms. The fraction of sp³-hybridized carbons (Fsp3) is 0.360. The van der Waals surface area contributed by atoms with Gasteiger partial charge in [-0.15, -0.1) is 23.1 Å². The zero-order chi connectivity index (χ0) is 22.8. The minimum absolute atomic E-state index is 0.0883. The Balaban J connectivity index is 1.49. The second kappa shape index (κ2) is 12.6. The van der Waals surface area contributed by atoms with Crippen molar-refractivity contribution in [3.05, 3.63) is 75.7 Å². The molecule has 0 unspecified atom stereocenters. The number of nitrogens with zero attached hydrogens (tertiary/aromatic N) is 2. The highest BCUT2D eigenvalue weighted by molar-refractivity contribution is 7.98. The molecular formula is C25H31N3O2S2. The van der Waals surface area contributed by atoms with Crippen LogP contribution in [0, 0.1) is 6.92 Å². The van der Waals surface area contributed by atoms with E-state index in [1.54, 1.807) is 23.1 Å². The number of ether oxygens (including phenoxy) is 1. The van der Waals surface area contributed by atoms with Gasteiger partial charge < -0.3 is 15.0 Å². The van der Waals surface area contributed by atoms with E-state index >= 15 is 0 Å². The van der Waals surface area contributed by atoms with Crippen LogP contribution in [-0.2, 0) is 12.3 Å². The van der Waals surface area contributed by atoms with Gasteiger partial charge in [0, 0.05) is 40.2 Å². The van der Waals surface area contributed by atoms with Crippen molar-refractivity contribution in [3.8, 4) is 5.75 Å². The minimum Gasteiger partial charge on any atom is -0.492 e.